The molecule has 23 heavy (non-hydrogen) atoms. The fraction of sp³-hybridized carbons (Fsp3) is 0.474. The second kappa shape index (κ2) is 6.57. The Kier molecular flexibility index (Phi) is 4.51. The summed E-state index contributed by atoms with van der Waals surface area (Å²) in [7, 11) is 0. The maximum Gasteiger partial charge on any atom is 0.225 e. The van der Waals surface area contributed by atoms with Crippen LogP contribution >= 0.6 is 0 Å². The molecule has 0 spiro atoms. The van der Waals surface area contributed by atoms with Crippen molar-refractivity contribution in [2.24, 2.45) is 0 Å². The summed E-state index contributed by atoms with van der Waals surface area (Å²) in [4.78, 5) is 11.8. The lowest BCUT2D eigenvalue weighted by molar-refractivity contribution is 0.586. The van der Waals surface area contributed by atoms with Gasteiger partial charge in [-0.15, -0.1) is 0 Å². The molecule has 0 fully saturated rings. The number of anilines is 2. The molecule has 0 radical (unpaired) electrons. The van der Waals surface area contributed by atoms with Crippen LogP contribution in [0, 0.1) is 0 Å². The average molecular weight is 310 g/mol. The van der Waals surface area contributed by atoms with E-state index in [1.54, 1.807) is 0 Å². The molecule has 0 amide bonds. The second-order valence-corrected chi connectivity index (χ2v) is 6.64. The van der Waals surface area contributed by atoms with Crippen LogP contribution < -0.4 is 10.2 Å². The van der Waals surface area contributed by atoms with Gasteiger partial charge in [-0.3, -0.25) is 0 Å². The Morgan fingerprint density at radius 2 is 1.96 bits per heavy atom. The number of hydrogen-bond donors (Lipinski definition) is 1. The summed E-state index contributed by atoms with van der Waals surface area (Å²) < 4.78 is 0. The SMILES string of the molecule is CCc1cc(N2Cc3ccccc3C[C@H]2C)nc(NC(C)C)n1. The molecule has 1 N–H and O–H groups in total. The van der Waals surface area contributed by atoms with E-state index in [4.69, 9.17) is 4.98 Å². The molecular formula is C19H26N4. The fourth-order valence-corrected chi connectivity index (χ4v) is 3.12. The van der Waals surface area contributed by atoms with Crippen molar-refractivity contribution in [2.45, 2.75) is 59.2 Å². The molecule has 3 rings (SSSR count). The van der Waals surface area contributed by atoms with E-state index in [-0.39, 0.29) is 0 Å². The summed E-state index contributed by atoms with van der Waals surface area (Å²) in [6.07, 6.45) is 1.98. The van der Waals surface area contributed by atoms with E-state index in [0.29, 0.717) is 12.1 Å². The number of aryl methyl sites for hydroxylation is 1. The van der Waals surface area contributed by atoms with Gasteiger partial charge in [-0.2, -0.15) is 4.98 Å². The van der Waals surface area contributed by atoms with Crippen LogP contribution in [0.5, 0.6) is 0 Å². The predicted octanol–water partition coefficient (Wildman–Crippen LogP) is 3.81. The summed E-state index contributed by atoms with van der Waals surface area (Å²) in [5.41, 5.74) is 3.95. The fourth-order valence-electron chi connectivity index (χ4n) is 3.12. The Hall–Kier alpha value is -2.10. The van der Waals surface area contributed by atoms with Crippen LogP contribution in [0.4, 0.5) is 11.8 Å². The molecule has 1 aliphatic rings. The molecule has 4 nitrogen and oxygen atoms in total. The van der Waals surface area contributed by atoms with Crippen molar-refractivity contribution in [3.05, 3.63) is 47.2 Å². The summed E-state index contributed by atoms with van der Waals surface area (Å²) >= 11 is 0. The molecule has 2 heterocycles. The minimum Gasteiger partial charge on any atom is -0.352 e. The van der Waals surface area contributed by atoms with Crippen molar-refractivity contribution in [1.82, 2.24) is 9.97 Å². The maximum atomic E-state index is 4.77. The van der Waals surface area contributed by atoms with Gasteiger partial charge in [-0.1, -0.05) is 31.2 Å². The zero-order chi connectivity index (χ0) is 16.4. The Balaban J connectivity index is 1.94. The van der Waals surface area contributed by atoms with Crippen LogP contribution in [0.2, 0.25) is 0 Å². The van der Waals surface area contributed by atoms with Gasteiger partial charge in [-0.25, -0.2) is 4.98 Å². The number of fused-ring (bicyclic) bond motifs is 1. The summed E-state index contributed by atoms with van der Waals surface area (Å²) in [5, 5.41) is 3.34. The molecule has 122 valence electrons. The first-order chi connectivity index (χ1) is 11.1. The number of nitrogens with one attached hydrogen (secondary N) is 1. The summed E-state index contributed by atoms with van der Waals surface area (Å²) in [6.45, 7) is 9.56. The van der Waals surface area contributed by atoms with Crippen molar-refractivity contribution in [3.8, 4) is 0 Å². The molecule has 4 heteroatoms. The van der Waals surface area contributed by atoms with E-state index in [2.05, 4.69) is 73.2 Å². The molecule has 0 saturated carbocycles. The maximum absolute atomic E-state index is 4.77. The van der Waals surface area contributed by atoms with Crippen LogP contribution in [0.1, 0.15) is 44.5 Å². The first-order valence-electron chi connectivity index (χ1n) is 8.54. The van der Waals surface area contributed by atoms with Gasteiger partial charge in [0.25, 0.3) is 0 Å². The Morgan fingerprint density at radius 1 is 1.22 bits per heavy atom. The molecule has 0 unspecified atom stereocenters. The number of benzene rings is 1. The Morgan fingerprint density at radius 3 is 2.65 bits per heavy atom. The number of aromatic nitrogens is 2. The lowest BCUT2D eigenvalue weighted by atomic mass is 9.95. The van der Waals surface area contributed by atoms with Crippen molar-refractivity contribution >= 4 is 11.8 Å². The van der Waals surface area contributed by atoms with Crippen molar-refractivity contribution < 1.29 is 0 Å². The molecular weight excluding hydrogens is 284 g/mol. The van der Waals surface area contributed by atoms with Gasteiger partial charge in [0, 0.05) is 30.4 Å². The minimum absolute atomic E-state index is 0.328. The van der Waals surface area contributed by atoms with E-state index in [0.717, 1.165) is 36.8 Å². The number of rotatable bonds is 4. The van der Waals surface area contributed by atoms with Crippen molar-refractivity contribution in [2.75, 3.05) is 10.2 Å². The Bertz CT molecular complexity index is 681. The third-order valence-corrected chi connectivity index (χ3v) is 4.35. The van der Waals surface area contributed by atoms with Gasteiger partial charge in [0.2, 0.25) is 5.95 Å². The molecule has 0 saturated heterocycles. The highest BCUT2D eigenvalue weighted by atomic mass is 15.2. The molecule has 1 aromatic carbocycles. The molecule has 1 atom stereocenters. The average Bonchev–Trinajstić information content (AvgIpc) is 2.53. The Labute approximate surface area is 139 Å². The van der Waals surface area contributed by atoms with Gasteiger partial charge >= 0.3 is 0 Å². The zero-order valence-electron chi connectivity index (χ0n) is 14.5. The predicted molar refractivity (Wildman–Crippen MR) is 96.0 cm³/mol. The molecule has 2 aromatic rings. The van der Waals surface area contributed by atoms with Crippen LogP contribution in [-0.2, 0) is 19.4 Å². The second-order valence-electron chi connectivity index (χ2n) is 6.64. The highest BCUT2D eigenvalue weighted by Crippen LogP contribution is 2.28. The largest absolute Gasteiger partial charge is 0.352 e. The van der Waals surface area contributed by atoms with E-state index in [1.165, 1.54) is 11.1 Å². The monoisotopic (exact) mass is 310 g/mol. The van der Waals surface area contributed by atoms with Crippen LogP contribution in [0.3, 0.4) is 0 Å². The van der Waals surface area contributed by atoms with Gasteiger partial charge in [0.15, 0.2) is 0 Å². The highest BCUT2D eigenvalue weighted by Gasteiger charge is 2.24. The van der Waals surface area contributed by atoms with E-state index >= 15 is 0 Å². The smallest absolute Gasteiger partial charge is 0.225 e. The quantitative estimate of drug-likeness (QED) is 0.932. The lowest BCUT2D eigenvalue weighted by Gasteiger charge is -2.36. The molecule has 1 aromatic heterocycles. The molecule has 1 aliphatic heterocycles. The van der Waals surface area contributed by atoms with Crippen LogP contribution in [0.25, 0.3) is 0 Å². The van der Waals surface area contributed by atoms with Gasteiger partial charge in [0.05, 0.1) is 0 Å². The van der Waals surface area contributed by atoms with Crippen LogP contribution in [0.15, 0.2) is 30.3 Å². The first kappa shape index (κ1) is 15.8. The van der Waals surface area contributed by atoms with E-state index in [9.17, 15) is 0 Å². The standard InChI is InChI=1S/C19H26N4/c1-5-17-11-18(22-19(21-17)20-13(2)3)23-12-16-9-7-6-8-15(16)10-14(23)4/h6-9,11,13-14H,5,10,12H2,1-4H3,(H,20,21,22)/t14-/m1/s1. The molecule has 0 bridgehead atoms. The molecule has 0 aliphatic carbocycles. The van der Waals surface area contributed by atoms with Gasteiger partial charge in [-0.05, 0) is 44.7 Å². The summed E-state index contributed by atoms with van der Waals surface area (Å²) in [5.74, 6) is 1.77. The zero-order valence-corrected chi connectivity index (χ0v) is 14.5. The van der Waals surface area contributed by atoms with Gasteiger partial charge in [0.1, 0.15) is 5.82 Å². The minimum atomic E-state index is 0.328. The highest BCUT2D eigenvalue weighted by molar-refractivity contribution is 5.49. The lowest BCUT2D eigenvalue weighted by Crippen LogP contribution is -2.39. The topological polar surface area (TPSA) is 41.1 Å². The van der Waals surface area contributed by atoms with Crippen LogP contribution in [-0.4, -0.2) is 22.1 Å². The normalized spacial score (nSPS) is 17.3. The number of nitrogens with zero attached hydrogens (tertiary/aromatic N) is 3. The van der Waals surface area contributed by atoms with E-state index < -0.39 is 0 Å². The van der Waals surface area contributed by atoms with E-state index in [1.807, 2.05) is 0 Å². The summed E-state index contributed by atoms with van der Waals surface area (Å²) in [6, 6.07) is 11.6. The third kappa shape index (κ3) is 3.46. The van der Waals surface area contributed by atoms with Crippen molar-refractivity contribution in [3.63, 3.8) is 0 Å². The first-order valence-corrected chi connectivity index (χ1v) is 8.54. The number of hydrogen-bond acceptors (Lipinski definition) is 4. The van der Waals surface area contributed by atoms with Gasteiger partial charge < -0.3 is 10.2 Å². The van der Waals surface area contributed by atoms with Crippen molar-refractivity contribution in [1.29, 1.82) is 0 Å². The third-order valence-electron chi connectivity index (χ3n) is 4.35.